The van der Waals surface area contributed by atoms with Gasteiger partial charge in [-0.1, -0.05) is 68.2 Å². The summed E-state index contributed by atoms with van der Waals surface area (Å²) in [4.78, 5) is 0. The number of hydrogen-bond donors (Lipinski definition) is 0. The Morgan fingerprint density at radius 1 is 0.478 bits per heavy atom. The Morgan fingerprint density at radius 2 is 0.783 bits per heavy atom. The molecule has 2 rings (SSSR count). The van der Waals surface area contributed by atoms with Crippen molar-refractivity contribution in [1.82, 2.24) is 0 Å². The maximum absolute atomic E-state index is 2.60. The van der Waals surface area contributed by atoms with E-state index in [1.807, 2.05) is 0 Å². The predicted molar refractivity (Wildman–Crippen MR) is 104 cm³/mol. The van der Waals surface area contributed by atoms with Gasteiger partial charge in [-0.05, 0) is 78.4 Å². The highest BCUT2D eigenvalue weighted by atomic mass is 14.5. The third kappa shape index (κ3) is 3.98. The molecule has 0 atom stereocenters. The second-order valence-electron chi connectivity index (χ2n) is 11.3. The predicted octanol–water partition coefficient (Wildman–Crippen LogP) is 7.72. The molecule has 136 valence electrons. The van der Waals surface area contributed by atoms with E-state index in [4.69, 9.17) is 0 Å². The van der Waals surface area contributed by atoms with Crippen LogP contribution in [0.5, 0.6) is 0 Å². The van der Waals surface area contributed by atoms with Crippen molar-refractivity contribution in [2.24, 2.45) is 39.9 Å². The van der Waals surface area contributed by atoms with E-state index in [0.717, 1.165) is 23.7 Å². The first-order chi connectivity index (χ1) is 10.5. The van der Waals surface area contributed by atoms with Gasteiger partial charge in [0.15, 0.2) is 0 Å². The van der Waals surface area contributed by atoms with E-state index in [2.05, 4.69) is 55.4 Å². The van der Waals surface area contributed by atoms with E-state index < -0.39 is 0 Å². The van der Waals surface area contributed by atoms with E-state index in [-0.39, 0.29) is 0 Å². The van der Waals surface area contributed by atoms with Gasteiger partial charge >= 0.3 is 0 Å². The van der Waals surface area contributed by atoms with Crippen molar-refractivity contribution >= 4 is 0 Å². The molecule has 0 saturated heterocycles. The van der Waals surface area contributed by atoms with Crippen LogP contribution in [0.25, 0.3) is 0 Å². The first kappa shape index (κ1) is 19.3. The maximum atomic E-state index is 2.60. The van der Waals surface area contributed by atoms with Crippen LogP contribution in [0.1, 0.15) is 107 Å². The van der Waals surface area contributed by atoms with Crippen molar-refractivity contribution in [2.45, 2.75) is 107 Å². The highest BCUT2D eigenvalue weighted by molar-refractivity contribution is 4.98. The quantitative estimate of drug-likeness (QED) is 0.499. The Balaban J connectivity index is 2.03. The molecular formula is C23H44. The van der Waals surface area contributed by atoms with Gasteiger partial charge in [0, 0.05) is 0 Å². The summed E-state index contributed by atoms with van der Waals surface area (Å²) in [5, 5.41) is 0. The van der Waals surface area contributed by atoms with Crippen LogP contribution in [0.4, 0.5) is 0 Å². The zero-order chi connectivity index (χ0) is 17.5. The highest BCUT2D eigenvalue weighted by Crippen LogP contribution is 2.57. The van der Waals surface area contributed by atoms with E-state index in [9.17, 15) is 0 Å². The molecule has 0 N–H and O–H groups in total. The van der Waals surface area contributed by atoms with E-state index in [1.165, 1.54) is 51.4 Å². The van der Waals surface area contributed by atoms with Crippen LogP contribution in [-0.2, 0) is 0 Å². The summed E-state index contributed by atoms with van der Waals surface area (Å²) >= 11 is 0. The molecule has 0 bridgehead atoms. The number of hydrogen-bond acceptors (Lipinski definition) is 0. The van der Waals surface area contributed by atoms with Gasteiger partial charge in [0.2, 0.25) is 0 Å². The average Bonchev–Trinajstić information content (AvgIpc) is 2.46. The van der Waals surface area contributed by atoms with Gasteiger partial charge in [-0.25, -0.2) is 0 Å². The fraction of sp³-hybridized carbons (Fsp3) is 1.00. The molecule has 0 nitrogen and oxygen atoms in total. The first-order valence-electron chi connectivity index (χ1n) is 10.5. The van der Waals surface area contributed by atoms with E-state index >= 15 is 0 Å². The van der Waals surface area contributed by atoms with Gasteiger partial charge in [0.25, 0.3) is 0 Å². The fourth-order valence-electron chi connectivity index (χ4n) is 5.72. The van der Waals surface area contributed by atoms with Gasteiger partial charge < -0.3 is 0 Å². The molecule has 0 unspecified atom stereocenters. The summed E-state index contributed by atoms with van der Waals surface area (Å²) in [5.74, 6) is 3.77. The molecule has 0 aromatic carbocycles. The minimum atomic E-state index is 0.473. The van der Waals surface area contributed by atoms with Crippen molar-refractivity contribution in [3.05, 3.63) is 0 Å². The SMILES string of the molecule is CC1CCC(C(C)(C)C(C)(C)C2CCC(C(C)(C)C)CC2)CC1. The van der Waals surface area contributed by atoms with Crippen molar-refractivity contribution in [2.75, 3.05) is 0 Å². The molecule has 2 aliphatic rings. The molecule has 0 aromatic heterocycles. The summed E-state index contributed by atoms with van der Waals surface area (Å²) in [6.45, 7) is 20.2. The average molecular weight is 321 g/mol. The van der Waals surface area contributed by atoms with Crippen molar-refractivity contribution in [1.29, 1.82) is 0 Å². The lowest BCUT2D eigenvalue weighted by molar-refractivity contribution is -0.0509. The summed E-state index contributed by atoms with van der Waals surface area (Å²) in [5.41, 5.74) is 1.46. The molecular weight excluding hydrogens is 276 g/mol. The van der Waals surface area contributed by atoms with Crippen LogP contribution in [0.2, 0.25) is 0 Å². The van der Waals surface area contributed by atoms with Gasteiger partial charge in [0.05, 0.1) is 0 Å². The molecule has 2 saturated carbocycles. The first-order valence-corrected chi connectivity index (χ1v) is 10.5. The van der Waals surface area contributed by atoms with Crippen LogP contribution in [0.3, 0.4) is 0 Å². The normalized spacial score (nSPS) is 34.4. The van der Waals surface area contributed by atoms with Crippen LogP contribution >= 0.6 is 0 Å². The summed E-state index contributed by atoms with van der Waals surface area (Å²) in [6, 6.07) is 0. The standard InChI is InChI=1S/C23H44/c1-17-9-11-19(12-10-17)22(5,6)23(7,8)20-15-13-18(14-16-20)21(2,3)4/h17-20H,9-16H2,1-8H3. The molecule has 2 fully saturated rings. The summed E-state index contributed by atoms with van der Waals surface area (Å²) in [7, 11) is 0. The lowest BCUT2D eigenvalue weighted by atomic mass is 9.50. The third-order valence-corrected chi connectivity index (χ3v) is 8.67. The zero-order valence-corrected chi connectivity index (χ0v) is 17.5. The van der Waals surface area contributed by atoms with Gasteiger partial charge in [-0.3, -0.25) is 0 Å². The Kier molecular flexibility index (Phi) is 5.65. The molecule has 0 aliphatic heterocycles. The molecule has 0 heteroatoms. The lowest BCUT2D eigenvalue weighted by Gasteiger charge is -2.54. The zero-order valence-electron chi connectivity index (χ0n) is 17.5. The molecule has 0 aromatic rings. The van der Waals surface area contributed by atoms with Crippen LogP contribution in [0, 0.1) is 39.9 Å². The topological polar surface area (TPSA) is 0 Å². The van der Waals surface area contributed by atoms with E-state index in [1.54, 1.807) is 0 Å². The molecule has 2 aliphatic carbocycles. The van der Waals surface area contributed by atoms with Crippen LogP contribution < -0.4 is 0 Å². The largest absolute Gasteiger partial charge is 0.0625 e. The Labute approximate surface area is 147 Å². The molecule has 23 heavy (non-hydrogen) atoms. The van der Waals surface area contributed by atoms with Crippen molar-refractivity contribution in [3.63, 3.8) is 0 Å². The minimum Gasteiger partial charge on any atom is -0.0625 e. The van der Waals surface area contributed by atoms with Crippen LogP contribution in [-0.4, -0.2) is 0 Å². The summed E-state index contributed by atoms with van der Waals surface area (Å²) < 4.78 is 0. The molecule has 0 amide bonds. The van der Waals surface area contributed by atoms with Crippen molar-refractivity contribution in [3.8, 4) is 0 Å². The highest BCUT2D eigenvalue weighted by Gasteiger charge is 2.48. The smallest absolute Gasteiger partial charge is 0.0272 e. The van der Waals surface area contributed by atoms with Gasteiger partial charge in [-0.2, -0.15) is 0 Å². The fourth-order valence-corrected chi connectivity index (χ4v) is 5.72. The molecule has 0 radical (unpaired) electrons. The third-order valence-electron chi connectivity index (χ3n) is 8.67. The minimum absolute atomic E-state index is 0.473. The second-order valence-corrected chi connectivity index (χ2v) is 11.3. The second kappa shape index (κ2) is 6.72. The lowest BCUT2D eigenvalue weighted by Crippen LogP contribution is -2.46. The molecule has 0 spiro atoms. The Morgan fingerprint density at radius 3 is 1.13 bits per heavy atom. The van der Waals surface area contributed by atoms with Crippen LogP contribution in [0.15, 0.2) is 0 Å². The van der Waals surface area contributed by atoms with Gasteiger partial charge in [0.1, 0.15) is 0 Å². The van der Waals surface area contributed by atoms with Crippen molar-refractivity contribution < 1.29 is 0 Å². The number of rotatable bonds is 3. The molecule has 0 heterocycles. The van der Waals surface area contributed by atoms with Gasteiger partial charge in [-0.15, -0.1) is 0 Å². The van der Waals surface area contributed by atoms with E-state index in [0.29, 0.717) is 16.2 Å². The Bertz CT molecular complexity index is 365. The monoisotopic (exact) mass is 320 g/mol. The maximum Gasteiger partial charge on any atom is -0.0272 e. The Hall–Kier alpha value is 0. The summed E-state index contributed by atoms with van der Waals surface area (Å²) in [6.07, 6.45) is 11.7.